The topological polar surface area (TPSA) is 56.1 Å². The fourth-order valence-electron chi connectivity index (χ4n) is 1.66. The lowest BCUT2D eigenvalue weighted by Gasteiger charge is -2.35. The van der Waals surface area contributed by atoms with E-state index in [1.807, 2.05) is 6.92 Å². The van der Waals surface area contributed by atoms with Gasteiger partial charge in [0.2, 0.25) is 0 Å². The fourth-order valence-corrected chi connectivity index (χ4v) is 1.66. The highest BCUT2D eigenvalue weighted by Crippen LogP contribution is 2.28. The van der Waals surface area contributed by atoms with Crippen LogP contribution in [0.25, 0.3) is 0 Å². The van der Waals surface area contributed by atoms with Crippen molar-refractivity contribution in [2.24, 2.45) is 5.41 Å². The minimum Gasteiger partial charge on any atom is -0.341 e. The molecule has 1 aliphatic rings. The third kappa shape index (κ3) is 2.11. The van der Waals surface area contributed by atoms with Gasteiger partial charge in [0, 0.05) is 20.1 Å². The molecular weight excluding hydrogens is 166 g/mol. The van der Waals surface area contributed by atoms with Crippen LogP contribution in [0.2, 0.25) is 0 Å². The Morgan fingerprint density at radius 3 is 2.92 bits per heavy atom. The third-order valence-corrected chi connectivity index (χ3v) is 2.47. The van der Waals surface area contributed by atoms with Gasteiger partial charge in [-0.05, 0) is 19.8 Å². The van der Waals surface area contributed by atoms with E-state index in [9.17, 15) is 4.79 Å². The molecule has 0 saturated carbocycles. The van der Waals surface area contributed by atoms with Crippen molar-refractivity contribution in [3.63, 3.8) is 0 Å². The summed E-state index contributed by atoms with van der Waals surface area (Å²) < 4.78 is 0. The van der Waals surface area contributed by atoms with E-state index >= 15 is 0 Å². The van der Waals surface area contributed by atoms with Crippen molar-refractivity contribution in [1.29, 1.82) is 5.26 Å². The van der Waals surface area contributed by atoms with E-state index in [1.165, 1.54) is 0 Å². The van der Waals surface area contributed by atoms with Gasteiger partial charge in [-0.3, -0.25) is 0 Å². The number of hydrogen-bond acceptors (Lipinski definition) is 2. The second kappa shape index (κ2) is 3.65. The first kappa shape index (κ1) is 9.85. The molecule has 0 aromatic carbocycles. The van der Waals surface area contributed by atoms with Gasteiger partial charge >= 0.3 is 6.03 Å². The minimum atomic E-state index is -0.356. The summed E-state index contributed by atoms with van der Waals surface area (Å²) in [4.78, 5) is 13.0. The second-order valence-corrected chi connectivity index (χ2v) is 3.75. The number of rotatable bonds is 0. The summed E-state index contributed by atoms with van der Waals surface area (Å²) in [6.07, 6.45) is 1.80. The molecular formula is C9H15N3O. The molecule has 1 N–H and O–H groups in total. The molecule has 1 fully saturated rings. The number of nitrogens with one attached hydrogen (secondary N) is 1. The summed E-state index contributed by atoms with van der Waals surface area (Å²) >= 11 is 0. The predicted octanol–water partition coefficient (Wildman–Crippen LogP) is 0.951. The van der Waals surface area contributed by atoms with Crippen LogP contribution < -0.4 is 5.32 Å². The average molecular weight is 181 g/mol. The molecule has 13 heavy (non-hydrogen) atoms. The molecule has 0 bridgehead atoms. The Morgan fingerprint density at radius 2 is 2.38 bits per heavy atom. The second-order valence-electron chi connectivity index (χ2n) is 3.75. The van der Waals surface area contributed by atoms with E-state index in [0.717, 1.165) is 19.4 Å². The molecule has 2 amide bonds. The number of piperidine rings is 1. The number of hydrogen-bond donors (Lipinski definition) is 1. The van der Waals surface area contributed by atoms with Gasteiger partial charge < -0.3 is 10.2 Å². The maximum absolute atomic E-state index is 11.3. The summed E-state index contributed by atoms with van der Waals surface area (Å²) in [5, 5.41) is 11.5. The van der Waals surface area contributed by atoms with Crippen molar-refractivity contribution < 1.29 is 4.79 Å². The van der Waals surface area contributed by atoms with Gasteiger partial charge in [0.05, 0.1) is 11.5 Å². The van der Waals surface area contributed by atoms with Crippen LogP contribution >= 0.6 is 0 Å². The van der Waals surface area contributed by atoms with Gasteiger partial charge in [0.1, 0.15) is 0 Å². The summed E-state index contributed by atoms with van der Waals surface area (Å²) in [5.41, 5.74) is -0.356. The lowest BCUT2D eigenvalue weighted by atomic mass is 9.84. The Labute approximate surface area is 78.5 Å². The van der Waals surface area contributed by atoms with E-state index < -0.39 is 0 Å². The molecule has 4 heteroatoms. The first-order valence-corrected chi connectivity index (χ1v) is 4.49. The lowest BCUT2D eigenvalue weighted by Crippen LogP contribution is -2.47. The Kier molecular flexibility index (Phi) is 2.76. The number of likely N-dealkylation sites (tertiary alicyclic amines) is 1. The fraction of sp³-hybridized carbons (Fsp3) is 0.778. The standard InChI is InChI=1S/C9H15N3O/c1-9(6-10)4-3-5-12(7-9)8(13)11-2/h3-5,7H2,1-2H3,(H,11,13). The third-order valence-electron chi connectivity index (χ3n) is 2.47. The van der Waals surface area contributed by atoms with Gasteiger partial charge in [-0.2, -0.15) is 5.26 Å². The molecule has 72 valence electrons. The maximum atomic E-state index is 11.3. The molecule has 0 spiro atoms. The molecule has 4 nitrogen and oxygen atoms in total. The molecule has 1 rings (SSSR count). The van der Waals surface area contributed by atoms with Crippen LogP contribution in [-0.4, -0.2) is 31.1 Å². The van der Waals surface area contributed by atoms with Crippen molar-refractivity contribution in [3.8, 4) is 6.07 Å². The highest BCUT2D eigenvalue weighted by Gasteiger charge is 2.32. The number of urea groups is 1. The van der Waals surface area contributed by atoms with Crippen LogP contribution in [0.15, 0.2) is 0 Å². The van der Waals surface area contributed by atoms with Crippen molar-refractivity contribution in [3.05, 3.63) is 0 Å². The molecule has 1 atom stereocenters. The summed E-state index contributed by atoms with van der Waals surface area (Å²) in [6, 6.07) is 2.19. The lowest BCUT2D eigenvalue weighted by molar-refractivity contribution is 0.149. The molecule has 0 radical (unpaired) electrons. The summed E-state index contributed by atoms with van der Waals surface area (Å²) in [7, 11) is 1.61. The molecule has 0 aliphatic carbocycles. The predicted molar refractivity (Wildman–Crippen MR) is 49.0 cm³/mol. The van der Waals surface area contributed by atoms with Crippen molar-refractivity contribution >= 4 is 6.03 Å². The highest BCUT2D eigenvalue weighted by molar-refractivity contribution is 5.74. The quantitative estimate of drug-likeness (QED) is 0.605. The van der Waals surface area contributed by atoms with Crippen molar-refractivity contribution in [1.82, 2.24) is 10.2 Å². The number of amides is 2. The largest absolute Gasteiger partial charge is 0.341 e. The van der Waals surface area contributed by atoms with E-state index in [-0.39, 0.29) is 11.4 Å². The monoisotopic (exact) mass is 181 g/mol. The van der Waals surface area contributed by atoms with E-state index in [2.05, 4.69) is 11.4 Å². The first-order valence-electron chi connectivity index (χ1n) is 4.49. The molecule has 0 aromatic rings. The summed E-state index contributed by atoms with van der Waals surface area (Å²) in [6.45, 7) is 3.21. The zero-order valence-electron chi connectivity index (χ0n) is 8.13. The molecule has 1 heterocycles. The van der Waals surface area contributed by atoms with Gasteiger partial charge in [-0.25, -0.2) is 4.79 Å². The Balaban J connectivity index is 2.62. The maximum Gasteiger partial charge on any atom is 0.317 e. The summed E-state index contributed by atoms with van der Waals surface area (Å²) in [5.74, 6) is 0. The number of nitriles is 1. The smallest absolute Gasteiger partial charge is 0.317 e. The molecule has 0 aromatic heterocycles. The Bertz CT molecular complexity index is 246. The highest BCUT2D eigenvalue weighted by atomic mass is 16.2. The van der Waals surface area contributed by atoms with E-state index in [1.54, 1.807) is 11.9 Å². The van der Waals surface area contributed by atoms with Crippen LogP contribution in [0.4, 0.5) is 4.79 Å². The SMILES string of the molecule is CNC(=O)N1CCCC(C)(C#N)C1. The van der Waals surface area contributed by atoms with Gasteiger partial charge in [0.15, 0.2) is 0 Å². The first-order chi connectivity index (χ1) is 6.11. The van der Waals surface area contributed by atoms with Crippen LogP contribution in [0, 0.1) is 16.7 Å². The number of nitrogens with zero attached hydrogens (tertiary/aromatic N) is 2. The van der Waals surface area contributed by atoms with Crippen molar-refractivity contribution in [2.45, 2.75) is 19.8 Å². The number of carbonyl (C=O) groups excluding carboxylic acids is 1. The van der Waals surface area contributed by atoms with Gasteiger partial charge in [-0.15, -0.1) is 0 Å². The van der Waals surface area contributed by atoms with E-state index in [0.29, 0.717) is 6.54 Å². The van der Waals surface area contributed by atoms with E-state index in [4.69, 9.17) is 5.26 Å². The molecule has 1 saturated heterocycles. The van der Waals surface area contributed by atoms with Crippen LogP contribution in [0.3, 0.4) is 0 Å². The van der Waals surface area contributed by atoms with Crippen LogP contribution in [-0.2, 0) is 0 Å². The Hall–Kier alpha value is -1.24. The zero-order chi connectivity index (χ0) is 9.90. The van der Waals surface area contributed by atoms with Gasteiger partial charge in [0.25, 0.3) is 0 Å². The molecule has 1 aliphatic heterocycles. The van der Waals surface area contributed by atoms with Crippen LogP contribution in [0.5, 0.6) is 0 Å². The zero-order valence-corrected chi connectivity index (χ0v) is 8.13. The minimum absolute atomic E-state index is 0.0822. The van der Waals surface area contributed by atoms with Crippen LogP contribution in [0.1, 0.15) is 19.8 Å². The molecule has 1 unspecified atom stereocenters. The average Bonchev–Trinajstić information content (AvgIpc) is 2.17. The Morgan fingerprint density at radius 1 is 1.69 bits per heavy atom. The van der Waals surface area contributed by atoms with Gasteiger partial charge in [-0.1, -0.05) is 0 Å². The normalized spacial score (nSPS) is 27.9. The number of carbonyl (C=O) groups is 1. The van der Waals surface area contributed by atoms with Crippen molar-refractivity contribution in [2.75, 3.05) is 20.1 Å².